The van der Waals surface area contributed by atoms with Crippen molar-refractivity contribution in [2.24, 2.45) is 5.92 Å². The van der Waals surface area contributed by atoms with Crippen LogP contribution < -0.4 is 17.0 Å². The Hall–Kier alpha value is -0.200. The average Bonchev–Trinajstić information content (AvgIpc) is 3.64. The molecule has 236 valence electrons. The highest BCUT2D eigenvalue weighted by Crippen LogP contribution is 2.21. The maximum atomic E-state index is 5.95. The fraction of sp³-hybridized carbons (Fsp3) is 0.912. The largest absolute Gasteiger partial charge is 1.00 e. The first-order chi connectivity index (χ1) is 19.4. The van der Waals surface area contributed by atoms with Gasteiger partial charge >= 0.3 is 0 Å². The second kappa shape index (κ2) is 28.9. The van der Waals surface area contributed by atoms with Crippen LogP contribution in [0.1, 0.15) is 148 Å². The van der Waals surface area contributed by atoms with Gasteiger partial charge in [0.15, 0.2) is 6.20 Å². The third-order valence-corrected chi connectivity index (χ3v) is 8.87. The molecule has 0 aromatic carbocycles. The molecular formula is C34H64ClNO3S. The lowest BCUT2D eigenvalue weighted by molar-refractivity contribution is -0.692. The molecule has 40 heavy (non-hydrogen) atoms. The van der Waals surface area contributed by atoms with Gasteiger partial charge in [-0.25, -0.2) is 0 Å². The highest BCUT2D eigenvalue weighted by atomic mass is 35.5. The van der Waals surface area contributed by atoms with Crippen molar-refractivity contribution in [1.82, 2.24) is 0 Å². The molecule has 4 nitrogen and oxygen atoms in total. The Morgan fingerprint density at radius 3 is 1.70 bits per heavy atom. The van der Waals surface area contributed by atoms with E-state index in [4.69, 9.17) is 14.2 Å². The molecule has 0 unspecified atom stereocenters. The first-order valence-electron chi connectivity index (χ1n) is 17.1. The highest BCUT2D eigenvalue weighted by molar-refractivity contribution is 7.07. The van der Waals surface area contributed by atoms with Crippen molar-refractivity contribution in [3.8, 4) is 0 Å². The first-order valence-corrected chi connectivity index (χ1v) is 18.0. The minimum atomic E-state index is 0. The van der Waals surface area contributed by atoms with Gasteiger partial charge in [0.1, 0.15) is 6.54 Å². The van der Waals surface area contributed by atoms with Crippen LogP contribution in [0.2, 0.25) is 0 Å². The van der Waals surface area contributed by atoms with E-state index < -0.39 is 0 Å². The highest BCUT2D eigenvalue weighted by Gasteiger charge is 2.25. The Bertz CT molecular complexity index is 618. The zero-order chi connectivity index (χ0) is 27.5. The molecule has 0 aliphatic carbocycles. The van der Waals surface area contributed by atoms with Gasteiger partial charge in [-0.2, -0.15) is 4.57 Å². The molecule has 0 amide bonds. The number of thiazole rings is 1. The van der Waals surface area contributed by atoms with E-state index in [1.165, 1.54) is 135 Å². The van der Waals surface area contributed by atoms with Crippen LogP contribution in [0.25, 0.3) is 0 Å². The molecule has 0 saturated carbocycles. The molecule has 0 spiro atoms. The lowest BCUT2D eigenvalue weighted by Crippen LogP contribution is -3.00. The van der Waals surface area contributed by atoms with Crippen LogP contribution >= 0.6 is 11.3 Å². The average molecular weight is 602 g/mol. The number of rotatable bonds is 29. The predicted molar refractivity (Wildman–Crippen MR) is 167 cm³/mol. The zero-order valence-corrected chi connectivity index (χ0v) is 27.7. The third kappa shape index (κ3) is 22.4. The third-order valence-electron chi connectivity index (χ3n) is 8.20. The van der Waals surface area contributed by atoms with Crippen molar-refractivity contribution in [1.29, 1.82) is 0 Å². The van der Waals surface area contributed by atoms with E-state index in [0.29, 0.717) is 5.92 Å². The zero-order valence-electron chi connectivity index (χ0n) is 26.1. The Morgan fingerprint density at radius 1 is 0.675 bits per heavy atom. The number of aryl methyl sites for hydroxylation is 1. The summed E-state index contributed by atoms with van der Waals surface area (Å²) in [4.78, 5) is 0. The first kappa shape index (κ1) is 37.8. The van der Waals surface area contributed by atoms with Crippen molar-refractivity contribution in [2.75, 3.05) is 33.0 Å². The van der Waals surface area contributed by atoms with Gasteiger partial charge in [0.05, 0.1) is 31.3 Å². The number of ether oxygens (including phenoxy) is 3. The van der Waals surface area contributed by atoms with Gasteiger partial charge in [-0.3, -0.25) is 0 Å². The van der Waals surface area contributed by atoms with Crippen molar-refractivity contribution in [3.63, 3.8) is 0 Å². The Morgan fingerprint density at radius 2 is 1.18 bits per heavy atom. The van der Waals surface area contributed by atoms with Crippen molar-refractivity contribution >= 4 is 11.3 Å². The van der Waals surface area contributed by atoms with Crippen molar-refractivity contribution < 1.29 is 31.2 Å². The number of unbranched alkanes of at least 4 members (excludes halogenated alkanes) is 19. The summed E-state index contributed by atoms with van der Waals surface area (Å²) in [7, 11) is 0. The van der Waals surface area contributed by atoms with Crippen LogP contribution in [0.3, 0.4) is 0 Å². The van der Waals surface area contributed by atoms with E-state index >= 15 is 0 Å². The fourth-order valence-corrected chi connectivity index (χ4v) is 6.28. The number of aromatic nitrogens is 1. The van der Waals surface area contributed by atoms with Gasteiger partial charge < -0.3 is 26.6 Å². The maximum absolute atomic E-state index is 5.95. The van der Waals surface area contributed by atoms with Gasteiger partial charge in [0, 0.05) is 25.6 Å². The second-order valence-corrected chi connectivity index (χ2v) is 12.8. The number of nitrogens with zero attached hydrogens (tertiary/aromatic N) is 1. The second-order valence-electron chi connectivity index (χ2n) is 12.0. The lowest BCUT2D eigenvalue weighted by atomic mass is 10.0. The van der Waals surface area contributed by atoms with Gasteiger partial charge in [-0.1, -0.05) is 127 Å². The van der Waals surface area contributed by atoms with Crippen molar-refractivity contribution in [3.05, 3.63) is 17.1 Å². The van der Waals surface area contributed by atoms with Crippen LogP contribution in [0.4, 0.5) is 0 Å². The summed E-state index contributed by atoms with van der Waals surface area (Å²) >= 11 is 1.77. The molecule has 1 aliphatic heterocycles. The van der Waals surface area contributed by atoms with Gasteiger partial charge in [0.25, 0.3) is 0 Å². The molecule has 0 N–H and O–H groups in total. The Balaban J connectivity index is 0.00000800. The smallest absolute Gasteiger partial charge is 0.224 e. The summed E-state index contributed by atoms with van der Waals surface area (Å²) < 4.78 is 20.1. The summed E-state index contributed by atoms with van der Waals surface area (Å²) in [6, 6.07) is 0. The maximum Gasteiger partial charge on any atom is 0.224 e. The molecule has 2 heterocycles. The summed E-state index contributed by atoms with van der Waals surface area (Å²) in [5, 5.41) is 2.14. The summed E-state index contributed by atoms with van der Waals surface area (Å²) in [6.07, 6.45) is 32.5. The fourth-order valence-electron chi connectivity index (χ4n) is 5.65. The van der Waals surface area contributed by atoms with Crippen LogP contribution in [0.15, 0.2) is 17.1 Å². The minimum Gasteiger partial charge on any atom is -1.00 e. The summed E-state index contributed by atoms with van der Waals surface area (Å²) in [5.41, 5.74) is 2.19. The number of hydrogen-bond donors (Lipinski definition) is 0. The molecular weight excluding hydrogens is 538 g/mol. The number of hydrogen-bond acceptors (Lipinski definition) is 4. The lowest BCUT2D eigenvalue weighted by Gasteiger charge is -2.11. The molecule has 1 aromatic rings. The summed E-state index contributed by atoms with van der Waals surface area (Å²) in [5.74, 6) is 0.553. The molecule has 0 radical (unpaired) electrons. The van der Waals surface area contributed by atoms with Gasteiger partial charge in [-0.15, -0.1) is 0 Å². The van der Waals surface area contributed by atoms with E-state index in [1.807, 2.05) is 0 Å². The Kier molecular flexibility index (Phi) is 27.3. The van der Waals surface area contributed by atoms with Crippen molar-refractivity contribution in [2.45, 2.75) is 161 Å². The normalized spacial score (nSPS) is 16.9. The van der Waals surface area contributed by atoms with E-state index in [2.05, 4.69) is 28.6 Å². The molecule has 1 aromatic heterocycles. The van der Waals surface area contributed by atoms with E-state index in [1.54, 1.807) is 11.3 Å². The monoisotopic (exact) mass is 601 g/mol. The predicted octanol–water partition coefficient (Wildman–Crippen LogP) is 6.69. The topological polar surface area (TPSA) is 31.6 Å². The van der Waals surface area contributed by atoms with Gasteiger partial charge in [0.2, 0.25) is 5.51 Å². The molecule has 1 fully saturated rings. The van der Waals surface area contributed by atoms with E-state index in [9.17, 15) is 0 Å². The van der Waals surface area contributed by atoms with Crippen LogP contribution in [-0.4, -0.2) is 39.1 Å². The molecule has 1 aliphatic rings. The van der Waals surface area contributed by atoms with Gasteiger partial charge in [-0.05, 0) is 25.7 Å². The van der Waals surface area contributed by atoms with Crippen LogP contribution in [-0.2, 0) is 20.8 Å². The quantitative estimate of drug-likeness (QED) is 0.0757. The number of halogens is 1. The summed E-state index contributed by atoms with van der Waals surface area (Å²) in [6.45, 7) is 7.70. The molecule has 1 saturated heterocycles. The molecule has 6 heteroatoms. The van der Waals surface area contributed by atoms with E-state index in [0.717, 1.165) is 46.0 Å². The van der Waals surface area contributed by atoms with Crippen LogP contribution in [0, 0.1) is 5.92 Å². The van der Waals surface area contributed by atoms with Crippen LogP contribution in [0.5, 0.6) is 0 Å². The molecule has 0 bridgehead atoms. The SMILES string of the molecule is CCCCCCCCCCCCCCCCCCOC[C@@H]1C[C@@H](COCCCCCCC[n+]2ccsc2)CO1.[Cl-]. The molecule has 2 rings (SSSR count). The Labute approximate surface area is 258 Å². The van der Waals surface area contributed by atoms with E-state index in [-0.39, 0.29) is 18.5 Å². The molecule has 2 atom stereocenters. The standard InChI is InChI=1S/C34H64NO3S.ClH/c1-2-3-4-5-6-7-8-9-10-11-12-13-14-15-18-22-26-37-31-34-28-33(30-38-34)29-36-25-21-19-16-17-20-23-35-24-27-39-32-35;/h24,27,32-34H,2-23,25-26,28-31H2,1H3;1H/q+1;/p-1/t33-,34-;/m0./s1. The minimum absolute atomic E-state index is 0.